The first-order chi connectivity index (χ1) is 11.5. The number of hydrogen-bond donors (Lipinski definition) is 1. The second-order valence-electron chi connectivity index (χ2n) is 5.10. The third-order valence-electron chi connectivity index (χ3n) is 3.19. The number of nitrogens with one attached hydrogen (secondary N) is 1. The van der Waals surface area contributed by atoms with E-state index in [9.17, 15) is 14.4 Å². The van der Waals surface area contributed by atoms with Crippen LogP contribution in [0.4, 0.5) is 5.13 Å². The summed E-state index contributed by atoms with van der Waals surface area (Å²) in [7, 11) is 0. The van der Waals surface area contributed by atoms with E-state index in [1.807, 2.05) is 19.1 Å². The minimum atomic E-state index is -0.524. The van der Waals surface area contributed by atoms with Crippen LogP contribution >= 0.6 is 11.3 Å². The van der Waals surface area contributed by atoms with Crippen molar-refractivity contribution >= 4 is 34.1 Å². The summed E-state index contributed by atoms with van der Waals surface area (Å²) >= 11 is 1.14. The van der Waals surface area contributed by atoms with Crippen LogP contribution in [0.3, 0.4) is 0 Å². The monoisotopic (exact) mass is 346 g/mol. The lowest BCUT2D eigenvalue weighted by Crippen LogP contribution is -2.14. The van der Waals surface area contributed by atoms with E-state index in [1.54, 1.807) is 19.1 Å². The smallest absolute Gasteiger partial charge is 0.357 e. The van der Waals surface area contributed by atoms with Gasteiger partial charge >= 0.3 is 5.97 Å². The fraction of sp³-hybridized carbons (Fsp3) is 0.294. The second-order valence-corrected chi connectivity index (χ2v) is 5.95. The number of hydrogen-bond acceptors (Lipinski definition) is 6. The van der Waals surface area contributed by atoms with E-state index in [2.05, 4.69) is 10.3 Å². The first-order valence-corrected chi connectivity index (χ1v) is 8.40. The van der Waals surface area contributed by atoms with Gasteiger partial charge in [0.1, 0.15) is 0 Å². The number of ether oxygens (including phenoxy) is 1. The topological polar surface area (TPSA) is 85.4 Å². The van der Waals surface area contributed by atoms with E-state index in [4.69, 9.17) is 4.74 Å². The molecular weight excluding hydrogens is 328 g/mol. The lowest BCUT2D eigenvalue weighted by atomic mass is 10.1. The molecule has 1 amide bonds. The quantitative estimate of drug-likeness (QED) is 0.614. The number of anilines is 1. The molecule has 0 aliphatic rings. The SMILES string of the molecule is CCOC(=O)c1csc(NC(=O)CCC(=O)c2ccc(C)cc2)n1. The van der Waals surface area contributed by atoms with Gasteiger partial charge in [0.05, 0.1) is 6.61 Å². The van der Waals surface area contributed by atoms with Gasteiger partial charge in [-0.2, -0.15) is 0 Å². The number of thiazole rings is 1. The molecule has 0 spiro atoms. The van der Waals surface area contributed by atoms with E-state index >= 15 is 0 Å². The van der Waals surface area contributed by atoms with Gasteiger partial charge in [-0.3, -0.25) is 9.59 Å². The van der Waals surface area contributed by atoms with Crippen LogP contribution in [-0.2, 0) is 9.53 Å². The third-order valence-corrected chi connectivity index (χ3v) is 3.95. The first-order valence-electron chi connectivity index (χ1n) is 7.52. The highest BCUT2D eigenvalue weighted by molar-refractivity contribution is 7.14. The third kappa shape index (κ3) is 4.99. The highest BCUT2D eigenvalue weighted by Crippen LogP contribution is 2.17. The molecule has 1 N–H and O–H groups in total. The number of carbonyl (C=O) groups excluding carboxylic acids is 3. The molecule has 0 aliphatic heterocycles. The minimum Gasteiger partial charge on any atom is -0.461 e. The van der Waals surface area contributed by atoms with Crippen LogP contribution in [0.5, 0.6) is 0 Å². The summed E-state index contributed by atoms with van der Waals surface area (Å²) in [5.74, 6) is -0.930. The normalized spacial score (nSPS) is 10.2. The van der Waals surface area contributed by atoms with Gasteiger partial charge in [0, 0.05) is 23.8 Å². The predicted molar refractivity (Wildman–Crippen MR) is 91.4 cm³/mol. The molecule has 1 heterocycles. The van der Waals surface area contributed by atoms with E-state index in [-0.39, 0.29) is 36.8 Å². The average Bonchev–Trinajstić information content (AvgIpc) is 3.02. The van der Waals surface area contributed by atoms with Crippen molar-refractivity contribution in [3.63, 3.8) is 0 Å². The van der Waals surface area contributed by atoms with E-state index in [0.717, 1.165) is 16.9 Å². The number of rotatable bonds is 7. The van der Waals surface area contributed by atoms with E-state index in [0.29, 0.717) is 10.7 Å². The summed E-state index contributed by atoms with van der Waals surface area (Å²) in [6.07, 6.45) is 0.173. The van der Waals surface area contributed by atoms with Crippen LogP contribution in [0.1, 0.15) is 46.2 Å². The van der Waals surface area contributed by atoms with Crippen LogP contribution in [0.25, 0.3) is 0 Å². The van der Waals surface area contributed by atoms with Crippen LogP contribution in [-0.4, -0.2) is 29.3 Å². The zero-order valence-electron chi connectivity index (χ0n) is 13.5. The lowest BCUT2D eigenvalue weighted by molar-refractivity contribution is -0.116. The molecule has 0 saturated heterocycles. The number of aryl methyl sites for hydroxylation is 1. The van der Waals surface area contributed by atoms with Crippen molar-refractivity contribution in [1.29, 1.82) is 0 Å². The Morgan fingerprint density at radius 1 is 1.17 bits per heavy atom. The summed E-state index contributed by atoms with van der Waals surface area (Å²) in [4.78, 5) is 39.4. The molecule has 7 heteroatoms. The van der Waals surface area contributed by atoms with Crippen LogP contribution < -0.4 is 5.32 Å². The van der Waals surface area contributed by atoms with Gasteiger partial charge in [-0.25, -0.2) is 9.78 Å². The molecule has 0 unspecified atom stereocenters. The van der Waals surface area contributed by atoms with Crippen molar-refractivity contribution in [3.05, 3.63) is 46.5 Å². The summed E-state index contributed by atoms with van der Waals surface area (Å²) in [5, 5.41) is 4.41. The van der Waals surface area contributed by atoms with Gasteiger partial charge in [-0.05, 0) is 13.8 Å². The second kappa shape index (κ2) is 8.35. The largest absolute Gasteiger partial charge is 0.461 e. The fourth-order valence-corrected chi connectivity index (χ4v) is 2.62. The van der Waals surface area contributed by atoms with E-state index in [1.165, 1.54) is 5.38 Å². The molecule has 0 bridgehead atoms. The molecule has 24 heavy (non-hydrogen) atoms. The highest BCUT2D eigenvalue weighted by Gasteiger charge is 2.14. The molecule has 1 aromatic heterocycles. The number of carbonyl (C=O) groups is 3. The number of aromatic nitrogens is 1. The number of ketones is 1. The standard InChI is InChI=1S/C17H18N2O4S/c1-3-23-16(22)13-10-24-17(18-13)19-15(21)9-8-14(20)12-6-4-11(2)5-7-12/h4-7,10H,3,8-9H2,1-2H3,(H,18,19,21). The lowest BCUT2D eigenvalue weighted by Gasteiger charge is -2.03. The maximum atomic E-state index is 12.0. The summed E-state index contributed by atoms with van der Waals surface area (Å²) in [6.45, 7) is 3.91. The van der Waals surface area contributed by atoms with Crippen molar-refractivity contribution in [3.8, 4) is 0 Å². The number of nitrogens with zero attached hydrogens (tertiary/aromatic N) is 1. The van der Waals surface area contributed by atoms with Crippen molar-refractivity contribution in [2.75, 3.05) is 11.9 Å². The Hall–Kier alpha value is -2.54. The van der Waals surface area contributed by atoms with Crippen LogP contribution in [0.15, 0.2) is 29.6 Å². The fourth-order valence-electron chi connectivity index (χ4n) is 1.92. The summed E-state index contributed by atoms with van der Waals surface area (Å²) in [5.41, 5.74) is 1.82. The Morgan fingerprint density at radius 3 is 2.54 bits per heavy atom. The van der Waals surface area contributed by atoms with Crippen molar-refractivity contribution in [2.45, 2.75) is 26.7 Å². The molecule has 0 atom stereocenters. The summed E-state index contributed by atoms with van der Waals surface area (Å²) in [6, 6.07) is 7.23. The Balaban J connectivity index is 1.84. The molecule has 2 aromatic rings. The van der Waals surface area contributed by atoms with Gasteiger partial charge in [0.15, 0.2) is 16.6 Å². The molecule has 0 radical (unpaired) electrons. The minimum absolute atomic E-state index is 0.0566. The molecule has 1 aromatic carbocycles. The highest BCUT2D eigenvalue weighted by atomic mass is 32.1. The Bertz CT molecular complexity index is 737. The first kappa shape index (κ1) is 17.8. The van der Waals surface area contributed by atoms with Gasteiger partial charge in [0.2, 0.25) is 5.91 Å². The van der Waals surface area contributed by atoms with Gasteiger partial charge < -0.3 is 10.1 Å². The molecular formula is C17H18N2O4S. The maximum Gasteiger partial charge on any atom is 0.357 e. The maximum absolute atomic E-state index is 12.0. The van der Waals surface area contributed by atoms with Crippen molar-refractivity contribution in [1.82, 2.24) is 4.98 Å². The number of amides is 1. The molecule has 0 aliphatic carbocycles. The van der Waals surface area contributed by atoms with Crippen LogP contribution in [0, 0.1) is 6.92 Å². The zero-order chi connectivity index (χ0) is 17.5. The number of benzene rings is 1. The van der Waals surface area contributed by atoms with E-state index < -0.39 is 5.97 Å². The van der Waals surface area contributed by atoms with Gasteiger partial charge in [-0.1, -0.05) is 29.8 Å². The van der Waals surface area contributed by atoms with Gasteiger partial charge in [-0.15, -0.1) is 11.3 Å². The summed E-state index contributed by atoms with van der Waals surface area (Å²) < 4.78 is 4.83. The number of Topliss-reactive ketones (excluding diaryl/α,β-unsaturated/α-hetero) is 1. The average molecular weight is 346 g/mol. The Kier molecular flexibility index (Phi) is 6.20. The van der Waals surface area contributed by atoms with Crippen molar-refractivity contribution in [2.24, 2.45) is 0 Å². The Labute approximate surface area is 143 Å². The molecule has 6 nitrogen and oxygen atoms in total. The number of esters is 1. The molecule has 0 saturated carbocycles. The zero-order valence-corrected chi connectivity index (χ0v) is 14.3. The molecule has 2 rings (SSSR count). The van der Waals surface area contributed by atoms with Gasteiger partial charge in [0.25, 0.3) is 0 Å². The Morgan fingerprint density at radius 2 is 1.88 bits per heavy atom. The molecule has 126 valence electrons. The van der Waals surface area contributed by atoms with Crippen molar-refractivity contribution < 1.29 is 19.1 Å². The predicted octanol–water partition coefficient (Wildman–Crippen LogP) is 3.23. The van der Waals surface area contributed by atoms with Crippen LogP contribution in [0.2, 0.25) is 0 Å². The molecule has 0 fully saturated rings.